The Morgan fingerprint density at radius 3 is 2.95 bits per heavy atom. The standard InChI is InChI=1S/C14H17F2N3O/c1-11(18-6-8-19-7-5-17-10-19)12-3-2-4-13(9-12)20-14(15)16/h2-5,7,9-11,14,18H,6,8H2,1H3. The first-order valence-corrected chi connectivity index (χ1v) is 6.39. The summed E-state index contributed by atoms with van der Waals surface area (Å²) in [7, 11) is 0. The van der Waals surface area contributed by atoms with Crippen molar-refractivity contribution in [3.63, 3.8) is 0 Å². The van der Waals surface area contributed by atoms with Gasteiger partial charge in [0.2, 0.25) is 0 Å². The Hall–Kier alpha value is -1.95. The molecule has 0 spiro atoms. The van der Waals surface area contributed by atoms with Gasteiger partial charge in [-0.15, -0.1) is 0 Å². The SMILES string of the molecule is CC(NCCn1ccnc1)c1cccc(OC(F)F)c1. The Morgan fingerprint density at radius 1 is 1.40 bits per heavy atom. The molecule has 0 aliphatic carbocycles. The fraction of sp³-hybridized carbons (Fsp3) is 0.357. The summed E-state index contributed by atoms with van der Waals surface area (Å²) in [6, 6.07) is 6.79. The minimum Gasteiger partial charge on any atom is -0.435 e. The average Bonchev–Trinajstić information content (AvgIpc) is 2.91. The van der Waals surface area contributed by atoms with E-state index in [-0.39, 0.29) is 11.8 Å². The highest BCUT2D eigenvalue weighted by molar-refractivity contribution is 5.30. The Kier molecular flexibility index (Phi) is 5.06. The zero-order valence-corrected chi connectivity index (χ0v) is 11.2. The van der Waals surface area contributed by atoms with Crippen LogP contribution < -0.4 is 10.1 Å². The monoisotopic (exact) mass is 281 g/mol. The van der Waals surface area contributed by atoms with Gasteiger partial charge in [-0.2, -0.15) is 8.78 Å². The molecule has 0 amide bonds. The maximum atomic E-state index is 12.2. The number of halogens is 2. The summed E-state index contributed by atoms with van der Waals surface area (Å²) in [4.78, 5) is 3.96. The quantitative estimate of drug-likeness (QED) is 0.848. The van der Waals surface area contributed by atoms with E-state index in [0.29, 0.717) is 0 Å². The van der Waals surface area contributed by atoms with Gasteiger partial charge in [-0.3, -0.25) is 0 Å². The molecule has 0 radical (unpaired) electrons. The van der Waals surface area contributed by atoms with Crippen molar-refractivity contribution in [3.05, 3.63) is 48.5 Å². The normalized spacial score (nSPS) is 12.6. The number of ether oxygens (including phenoxy) is 1. The number of hydrogen-bond donors (Lipinski definition) is 1. The molecule has 1 N–H and O–H groups in total. The molecule has 0 bridgehead atoms. The van der Waals surface area contributed by atoms with Gasteiger partial charge in [-0.1, -0.05) is 12.1 Å². The molecule has 20 heavy (non-hydrogen) atoms. The molecule has 2 rings (SSSR count). The van der Waals surface area contributed by atoms with Gasteiger partial charge in [-0.05, 0) is 24.6 Å². The van der Waals surface area contributed by atoms with Crippen LogP contribution in [0.5, 0.6) is 5.75 Å². The highest BCUT2D eigenvalue weighted by atomic mass is 19.3. The summed E-state index contributed by atoms with van der Waals surface area (Å²) in [6.07, 6.45) is 5.38. The smallest absolute Gasteiger partial charge is 0.387 e. The van der Waals surface area contributed by atoms with Crippen molar-refractivity contribution in [1.29, 1.82) is 0 Å². The van der Waals surface area contributed by atoms with E-state index in [2.05, 4.69) is 15.0 Å². The zero-order chi connectivity index (χ0) is 14.4. The van der Waals surface area contributed by atoms with Crippen LogP contribution in [0, 0.1) is 0 Å². The summed E-state index contributed by atoms with van der Waals surface area (Å²) in [5, 5.41) is 3.33. The van der Waals surface area contributed by atoms with Crippen molar-refractivity contribution in [1.82, 2.24) is 14.9 Å². The predicted octanol–water partition coefficient (Wildman–Crippen LogP) is 2.84. The Bertz CT molecular complexity index is 517. The van der Waals surface area contributed by atoms with Gasteiger partial charge in [-0.25, -0.2) is 4.98 Å². The van der Waals surface area contributed by atoms with E-state index in [1.807, 2.05) is 23.8 Å². The van der Waals surface area contributed by atoms with E-state index in [0.717, 1.165) is 18.7 Å². The van der Waals surface area contributed by atoms with E-state index < -0.39 is 6.61 Å². The maximum Gasteiger partial charge on any atom is 0.387 e. The molecule has 0 aliphatic rings. The van der Waals surface area contributed by atoms with E-state index in [1.165, 1.54) is 6.07 Å². The largest absolute Gasteiger partial charge is 0.435 e. The predicted molar refractivity (Wildman–Crippen MR) is 71.7 cm³/mol. The third kappa shape index (κ3) is 4.31. The molecule has 1 unspecified atom stereocenters. The second-order valence-corrected chi connectivity index (χ2v) is 4.43. The summed E-state index contributed by atoms with van der Waals surface area (Å²) in [5.74, 6) is 0.181. The van der Waals surface area contributed by atoms with Crippen LogP contribution in [-0.2, 0) is 6.54 Å². The average molecular weight is 281 g/mol. The van der Waals surface area contributed by atoms with Gasteiger partial charge in [0.05, 0.1) is 6.33 Å². The first kappa shape index (κ1) is 14.5. The number of imidazole rings is 1. The van der Waals surface area contributed by atoms with E-state index >= 15 is 0 Å². The van der Waals surface area contributed by atoms with Crippen molar-refractivity contribution in [2.75, 3.05) is 6.54 Å². The van der Waals surface area contributed by atoms with Crippen LogP contribution in [0.2, 0.25) is 0 Å². The number of nitrogens with one attached hydrogen (secondary N) is 1. The number of rotatable bonds is 7. The number of benzene rings is 1. The Morgan fingerprint density at radius 2 is 2.25 bits per heavy atom. The van der Waals surface area contributed by atoms with E-state index in [4.69, 9.17) is 0 Å². The van der Waals surface area contributed by atoms with Crippen LogP contribution in [-0.4, -0.2) is 22.7 Å². The van der Waals surface area contributed by atoms with Crippen LogP contribution in [0.1, 0.15) is 18.5 Å². The summed E-state index contributed by atoms with van der Waals surface area (Å²) in [6.45, 7) is 0.750. The zero-order valence-electron chi connectivity index (χ0n) is 11.2. The topological polar surface area (TPSA) is 39.1 Å². The van der Waals surface area contributed by atoms with Gasteiger partial charge >= 0.3 is 6.61 Å². The van der Waals surface area contributed by atoms with Crippen LogP contribution >= 0.6 is 0 Å². The maximum absolute atomic E-state index is 12.2. The lowest BCUT2D eigenvalue weighted by Gasteiger charge is -2.15. The summed E-state index contributed by atoms with van der Waals surface area (Å²) in [5.41, 5.74) is 0.911. The summed E-state index contributed by atoms with van der Waals surface area (Å²) >= 11 is 0. The molecule has 1 atom stereocenters. The number of nitrogens with zero attached hydrogens (tertiary/aromatic N) is 2. The molecular weight excluding hydrogens is 264 g/mol. The molecule has 108 valence electrons. The fourth-order valence-electron chi connectivity index (χ4n) is 1.91. The molecule has 0 fully saturated rings. The summed E-state index contributed by atoms with van der Waals surface area (Å²) < 4.78 is 30.7. The number of alkyl halides is 2. The van der Waals surface area contributed by atoms with Gasteiger partial charge in [0.1, 0.15) is 5.75 Å². The van der Waals surface area contributed by atoms with Crippen molar-refractivity contribution >= 4 is 0 Å². The van der Waals surface area contributed by atoms with Crippen molar-refractivity contribution in [2.24, 2.45) is 0 Å². The second kappa shape index (κ2) is 7.00. The van der Waals surface area contributed by atoms with Gasteiger partial charge < -0.3 is 14.6 Å². The molecule has 1 aromatic heterocycles. The van der Waals surface area contributed by atoms with Gasteiger partial charge in [0.25, 0.3) is 0 Å². The fourth-order valence-corrected chi connectivity index (χ4v) is 1.91. The minimum atomic E-state index is -2.80. The molecule has 0 saturated heterocycles. The number of aromatic nitrogens is 2. The van der Waals surface area contributed by atoms with Crippen molar-refractivity contribution < 1.29 is 13.5 Å². The highest BCUT2D eigenvalue weighted by Gasteiger charge is 2.08. The molecular formula is C14H17F2N3O. The first-order valence-electron chi connectivity index (χ1n) is 6.39. The molecule has 0 saturated carbocycles. The van der Waals surface area contributed by atoms with Crippen LogP contribution in [0.4, 0.5) is 8.78 Å². The molecule has 1 heterocycles. The second-order valence-electron chi connectivity index (χ2n) is 4.43. The minimum absolute atomic E-state index is 0.0553. The van der Waals surface area contributed by atoms with Gasteiger partial charge in [0.15, 0.2) is 0 Å². The lowest BCUT2D eigenvalue weighted by molar-refractivity contribution is -0.0499. The van der Waals surface area contributed by atoms with Crippen LogP contribution in [0.25, 0.3) is 0 Å². The Labute approximate surface area is 116 Å². The van der Waals surface area contributed by atoms with Gasteiger partial charge in [0, 0.05) is 31.5 Å². The van der Waals surface area contributed by atoms with E-state index in [1.54, 1.807) is 24.7 Å². The molecule has 1 aromatic carbocycles. The Balaban J connectivity index is 1.86. The highest BCUT2D eigenvalue weighted by Crippen LogP contribution is 2.20. The lowest BCUT2D eigenvalue weighted by Crippen LogP contribution is -2.23. The molecule has 2 aromatic rings. The molecule has 6 heteroatoms. The van der Waals surface area contributed by atoms with Crippen molar-refractivity contribution in [2.45, 2.75) is 26.1 Å². The van der Waals surface area contributed by atoms with E-state index in [9.17, 15) is 8.78 Å². The molecule has 4 nitrogen and oxygen atoms in total. The lowest BCUT2D eigenvalue weighted by atomic mass is 10.1. The van der Waals surface area contributed by atoms with Crippen LogP contribution in [0.3, 0.4) is 0 Å². The third-order valence-corrected chi connectivity index (χ3v) is 2.96. The molecule has 0 aliphatic heterocycles. The first-order chi connectivity index (χ1) is 9.65. The number of hydrogen-bond acceptors (Lipinski definition) is 3. The van der Waals surface area contributed by atoms with Crippen molar-refractivity contribution in [3.8, 4) is 5.75 Å². The third-order valence-electron chi connectivity index (χ3n) is 2.96. The van der Waals surface area contributed by atoms with Crippen LogP contribution in [0.15, 0.2) is 43.0 Å².